The van der Waals surface area contributed by atoms with Gasteiger partial charge in [0.15, 0.2) is 0 Å². The Hall–Kier alpha value is -5.48. The van der Waals surface area contributed by atoms with Crippen LogP contribution in [-0.4, -0.2) is 33.1 Å². The molecule has 0 aliphatic heterocycles. The number of carbonyl (C=O) groups excluding carboxylic acids is 1. The summed E-state index contributed by atoms with van der Waals surface area (Å²) in [5.74, 6) is -0.527. The molecule has 0 amide bonds. The van der Waals surface area contributed by atoms with Crippen LogP contribution in [0.2, 0.25) is 0 Å². The van der Waals surface area contributed by atoms with Gasteiger partial charge in [-0.15, -0.1) is 0 Å². The Morgan fingerprint density at radius 1 is 0.880 bits per heavy atom. The number of alkyl halides is 3. The highest BCUT2D eigenvalue weighted by Crippen LogP contribution is 2.43. The molecule has 0 radical (unpaired) electrons. The maximum absolute atomic E-state index is 14.7. The molecule has 1 aliphatic carbocycles. The fourth-order valence-corrected chi connectivity index (χ4v) is 7.53. The molecule has 254 valence electrons. The fraction of sp³-hybridized carbons (Fsp3) is 0.225. The van der Waals surface area contributed by atoms with Gasteiger partial charge >= 0.3 is 12.1 Å². The number of fused-ring (bicyclic) bond motifs is 2. The van der Waals surface area contributed by atoms with Crippen LogP contribution in [0.1, 0.15) is 45.6 Å². The molecule has 0 bridgehead atoms. The second kappa shape index (κ2) is 13.1. The molecule has 1 aliphatic rings. The zero-order valence-electron chi connectivity index (χ0n) is 27.6. The summed E-state index contributed by atoms with van der Waals surface area (Å²) in [6.07, 6.45) is -0.335. The first-order valence-corrected chi connectivity index (χ1v) is 16.4. The number of nitrogens with zero attached hydrogens (tertiary/aromatic N) is 3. The van der Waals surface area contributed by atoms with Gasteiger partial charge in [-0.05, 0) is 53.6 Å². The third-order valence-corrected chi connectivity index (χ3v) is 9.76. The third-order valence-electron chi connectivity index (χ3n) is 9.76. The number of esters is 1. The second-order valence-corrected chi connectivity index (χ2v) is 12.5. The Morgan fingerprint density at radius 2 is 1.46 bits per heavy atom. The highest BCUT2D eigenvalue weighted by molar-refractivity contribution is 5.81. The van der Waals surface area contributed by atoms with Crippen LogP contribution in [-0.2, 0) is 47.6 Å². The lowest BCUT2D eigenvalue weighted by atomic mass is 9.76. The molecule has 3 aromatic heterocycles. The van der Waals surface area contributed by atoms with Crippen LogP contribution in [0, 0.1) is 0 Å². The van der Waals surface area contributed by atoms with Gasteiger partial charge in [-0.3, -0.25) is 14.9 Å². The van der Waals surface area contributed by atoms with Crippen molar-refractivity contribution >= 4 is 11.6 Å². The van der Waals surface area contributed by atoms with Crippen LogP contribution in [0.3, 0.4) is 0 Å². The van der Waals surface area contributed by atoms with E-state index in [1.165, 1.54) is 31.0 Å². The zero-order valence-corrected chi connectivity index (χ0v) is 27.6. The summed E-state index contributed by atoms with van der Waals surface area (Å²) in [6.45, 7) is 0. The Labute approximate surface area is 287 Å². The maximum Gasteiger partial charge on any atom is 0.417 e. The molecule has 3 aromatic carbocycles. The summed E-state index contributed by atoms with van der Waals surface area (Å²) >= 11 is 0. The smallest absolute Gasteiger partial charge is 0.417 e. The predicted octanol–water partition coefficient (Wildman–Crippen LogP) is 6.87. The van der Waals surface area contributed by atoms with Crippen molar-refractivity contribution in [2.24, 2.45) is 7.05 Å². The summed E-state index contributed by atoms with van der Waals surface area (Å²) in [5, 5.41) is 3.68. The minimum Gasteiger partial charge on any atom is -0.468 e. The summed E-state index contributed by atoms with van der Waals surface area (Å²) < 4.78 is 52.6. The molecule has 10 heteroatoms. The molecule has 7 rings (SSSR count). The maximum atomic E-state index is 14.7. The number of imidazole rings is 1. The van der Waals surface area contributed by atoms with E-state index in [1.807, 2.05) is 91.0 Å². The number of methoxy groups -OCH3 is 1. The van der Waals surface area contributed by atoms with Gasteiger partial charge in [-0.2, -0.15) is 13.2 Å². The fourth-order valence-electron chi connectivity index (χ4n) is 7.53. The number of halogens is 3. The van der Waals surface area contributed by atoms with Crippen LogP contribution >= 0.6 is 0 Å². The standard InChI is InChI=1S/C40H35F3N4O3/c1-46-33-20-12-19-30(33)35(40(41,42)43)34(37(46)48)31-22-21-29(47-24-23-44-36(31)47)25-32(38(49)50-2)45-39(26-13-6-3-7-14-26,27-15-8-4-9-16-27)28-17-10-5-11-18-28/h3-11,13-18,21-24,32,45H,12,19-20,25H2,1-2H3/t32-/m0/s1. The number of aromatic nitrogens is 3. The van der Waals surface area contributed by atoms with Gasteiger partial charge in [0.25, 0.3) is 5.56 Å². The molecule has 0 saturated carbocycles. The molecule has 0 fully saturated rings. The van der Waals surface area contributed by atoms with Crippen molar-refractivity contribution in [1.82, 2.24) is 19.3 Å². The number of ether oxygens (including phenoxy) is 1. The molecular weight excluding hydrogens is 641 g/mol. The van der Waals surface area contributed by atoms with Gasteiger partial charge in [-0.25, -0.2) is 4.98 Å². The van der Waals surface area contributed by atoms with Gasteiger partial charge in [0, 0.05) is 42.8 Å². The summed E-state index contributed by atoms with van der Waals surface area (Å²) in [6, 6.07) is 31.7. The number of rotatable bonds is 9. The molecule has 0 spiro atoms. The quantitative estimate of drug-likeness (QED) is 0.134. The van der Waals surface area contributed by atoms with E-state index in [0.29, 0.717) is 24.2 Å². The third kappa shape index (κ3) is 5.59. The normalized spacial score (nSPS) is 13.7. The summed E-state index contributed by atoms with van der Waals surface area (Å²) in [5.41, 5.74) is 1.08. The second-order valence-electron chi connectivity index (χ2n) is 12.5. The van der Waals surface area contributed by atoms with Crippen molar-refractivity contribution in [3.63, 3.8) is 0 Å². The number of hydrogen-bond donors (Lipinski definition) is 1. The summed E-state index contributed by atoms with van der Waals surface area (Å²) in [7, 11) is 2.85. The van der Waals surface area contributed by atoms with E-state index in [9.17, 15) is 22.8 Å². The largest absolute Gasteiger partial charge is 0.468 e. The Bertz CT molecular complexity index is 2130. The molecule has 3 heterocycles. The lowest BCUT2D eigenvalue weighted by Gasteiger charge is -2.39. The van der Waals surface area contributed by atoms with Crippen molar-refractivity contribution in [3.05, 3.63) is 165 Å². The minimum absolute atomic E-state index is 0.0798. The van der Waals surface area contributed by atoms with Crippen LogP contribution in [0.5, 0.6) is 0 Å². The monoisotopic (exact) mass is 676 g/mol. The van der Waals surface area contributed by atoms with Gasteiger partial charge in [0.05, 0.1) is 23.8 Å². The van der Waals surface area contributed by atoms with E-state index >= 15 is 0 Å². The van der Waals surface area contributed by atoms with E-state index in [0.717, 1.165) is 16.7 Å². The number of nitrogens with one attached hydrogen (secondary N) is 1. The molecule has 7 nitrogen and oxygen atoms in total. The SMILES string of the molecule is COC(=O)[C@H](Cc1ccc(-c2c(C(F)(F)F)c3c(n(C)c2=O)CCC3)c2nccn12)NC(c1ccccc1)(c1ccccc1)c1ccccc1. The first-order chi connectivity index (χ1) is 24.1. The van der Waals surface area contributed by atoms with Gasteiger partial charge in [0.1, 0.15) is 11.7 Å². The van der Waals surface area contributed by atoms with E-state index in [4.69, 9.17) is 4.74 Å². The van der Waals surface area contributed by atoms with Crippen molar-refractivity contribution < 1.29 is 22.7 Å². The highest BCUT2D eigenvalue weighted by Gasteiger charge is 2.42. The van der Waals surface area contributed by atoms with E-state index in [1.54, 1.807) is 16.7 Å². The van der Waals surface area contributed by atoms with E-state index in [2.05, 4.69) is 10.3 Å². The van der Waals surface area contributed by atoms with E-state index in [-0.39, 0.29) is 29.6 Å². The average Bonchev–Trinajstić information content (AvgIpc) is 3.83. The lowest BCUT2D eigenvalue weighted by molar-refractivity contribution is -0.143. The number of carbonyl (C=O) groups is 1. The topological polar surface area (TPSA) is 77.6 Å². The molecule has 0 unspecified atom stereocenters. The van der Waals surface area contributed by atoms with Crippen LogP contribution < -0.4 is 10.9 Å². The van der Waals surface area contributed by atoms with Crippen LogP contribution in [0.4, 0.5) is 13.2 Å². The molecule has 1 N–H and O–H groups in total. The summed E-state index contributed by atoms with van der Waals surface area (Å²) in [4.78, 5) is 31.8. The molecule has 50 heavy (non-hydrogen) atoms. The van der Waals surface area contributed by atoms with Crippen molar-refractivity contribution in [2.75, 3.05) is 7.11 Å². The highest BCUT2D eigenvalue weighted by atomic mass is 19.4. The molecule has 0 saturated heterocycles. The number of hydrogen-bond acceptors (Lipinski definition) is 5. The van der Waals surface area contributed by atoms with Crippen LogP contribution in [0.25, 0.3) is 16.8 Å². The van der Waals surface area contributed by atoms with E-state index < -0.39 is 40.4 Å². The minimum atomic E-state index is -4.74. The molecule has 1 atom stereocenters. The first kappa shape index (κ1) is 33.0. The Balaban J connectivity index is 1.38. The zero-order chi connectivity index (χ0) is 35.0. The number of benzene rings is 3. The number of pyridine rings is 2. The van der Waals surface area contributed by atoms with Gasteiger partial charge in [0.2, 0.25) is 0 Å². The van der Waals surface area contributed by atoms with Crippen molar-refractivity contribution in [1.29, 1.82) is 0 Å². The van der Waals surface area contributed by atoms with Crippen molar-refractivity contribution in [3.8, 4) is 11.1 Å². The van der Waals surface area contributed by atoms with Gasteiger partial charge < -0.3 is 13.7 Å². The van der Waals surface area contributed by atoms with Crippen molar-refractivity contribution in [2.45, 2.75) is 43.4 Å². The first-order valence-electron chi connectivity index (χ1n) is 16.4. The molecular formula is C40H35F3N4O3. The predicted molar refractivity (Wildman–Crippen MR) is 185 cm³/mol. The lowest BCUT2D eigenvalue weighted by Crippen LogP contribution is -2.53. The Kier molecular flexibility index (Phi) is 8.65. The van der Waals surface area contributed by atoms with Crippen LogP contribution in [0.15, 0.2) is 120 Å². The molecule has 6 aromatic rings. The average molecular weight is 677 g/mol. The van der Waals surface area contributed by atoms with Gasteiger partial charge in [-0.1, -0.05) is 91.0 Å². The Morgan fingerprint density at radius 3 is 2.00 bits per heavy atom.